The molecule has 0 aromatic heterocycles. The molecule has 0 N–H and O–H groups in total. The number of benzene rings is 4. The van der Waals surface area contributed by atoms with E-state index in [0.29, 0.717) is 0 Å². The van der Waals surface area contributed by atoms with E-state index in [1.54, 1.807) is 28.4 Å². The minimum Gasteiger partial charge on any atom is -0.493 e. The molecule has 0 aliphatic heterocycles. The van der Waals surface area contributed by atoms with Crippen molar-refractivity contribution in [1.82, 2.24) is 0 Å². The Balaban J connectivity index is 1.66. The Labute approximate surface area is 187 Å². The molecule has 4 aromatic rings. The van der Waals surface area contributed by atoms with E-state index in [0.717, 1.165) is 35.8 Å². The maximum absolute atomic E-state index is 5.77. The van der Waals surface area contributed by atoms with Crippen LogP contribution in [-0.2, 0) is 12.8 Å². The zero-order valence-corrected chi connectivity index (χ0v) is 18.7. The van der Waals surface area contributed by atoms with Gasteiger partial charge in [0.15, 0.2) is 23.0 Å². The summed E-state index contributed by atoms with van der Waals surface area (Å²) in [4.78, 5) is 0. The van der Waals surface area contributed by atoms with Gasteiger partial charge in [0.05, 0.1) is 28.4 Å². The molecule has 0 unspecified atom stereocenters. The van der Waals surface area contributed by atoms with E-state index in [1.807, 2.05) is 12.1 Å². The van der Waals surface area contributed by atoms with Crippen LogP contribution >= 0.6 is 0 Å². The standard InChI is InChI=1S/C28H24O4/c1-29-23-11-9-17-19-7-8-20-18-10-12-24(30-2)28(32-4)22(18)14-16-6-5-15(25(19)26(16)20)13-21(17)27(23)31-3/h5-12H,13-14H2,1-4H3. The fraction of sp³-hybridized carbons (Fsp3) is 0.214. The van der Waals surface area contributed by atoms with Crippen molar-refractivity contribution in [3.05, 3.63) is 70.8 Å². The molecule has 6 rings (SSSR count). The van der Waals surface area contributed by atoms with Gasteiger partial charge in [0.1, 0.15) is 0 Å². The lowest BCUT2D eigenvalue weighted by molar-refractivity contribution is 0.352. The molecule has 0 bridgehead atoms. The SMILES string of the molecule is COc1ccc2c(c1OC)Cc1ccc3c4c(ccc-2c14)-c1ccc(OC)c(OC)c1C3. The van der Waals surface area contributed by atoms with Crippen LogP contribution < -0.4 is 18.9 Å². The fourth-order valence-corrected chi connectivity index (χ4v) is 5.60. The highest BCUT2D eigenvalue weighted by atomic mass is 16.5. The van der Waals surface area contributed by atoms with Gasteiger partial charge in [-0.3, -0.25) is 0 Å². The van der Waals surface area contributed by atoms with E-state index in [1.165, 1.54) is 55.3 Å². The van der Waals surface area contributed by atoms with Crippen molar-refractivity contribution < 1.29 is 18.9 Å². The molecule has 0 saturated carbocycles. The van der Waals surface area contributed by atoms with Crippen LogP contribution in [0.1, 0.15) is 22.3 Å². The van der Waals surface area contributed by atoms with Gasteiger partial charge in [-0.25, -0.2) is 0 Å². The average Bonchev–Trinajstić information content (AvgIpc) is 2.84. The normalized spacial score (nSPS) is 12.8. The zero-order chi connectivity index (χ0) is 22.0. The third-order valence-electron chi connectivity index (χ3n) is 6.94. The maximum Gasteiger partial charge on any atom is 0.164 e. The Morgan fingerprint density at radius 1 is 0.469 bits per heavy atom. The first kappa shape index (κ1) is 19.1. The Bertz CT molecular complexity index is 1310. The van der Waals surface area contributed by atoms with Gasteiger partial charge in [-0.15, -0.1) is 0 Å². The van der Waals surface area contributed by atoms with Crippen LogP contribution in [0, 0.1) is 0 Å². The van der Waals surface area contributed by atoms with Crippen molar-refractivity contribution >= 4 is 10.8 Å². The highest BCUT2D eigenvalue weighted by Crippen LogP contribution is 2.52. The number of ether oxygens (including phenoxy) is 4. The third kappa shape index (κ3) is 2.38. The Morgan fingerprint density at radius 3 is 1.25 bits per heavy atom. The second-order valence-corrected chi connectivity index (χ2v) is 8.30. The van der Waals surface area contributed by atoms with Crippen molar-refractivity contribution in [1.29, 1.82) is 0 Å². The van der Waals surface area contributed by atoms with Crippen molar-refractivity contribution in [3.8, 4) is 45.3 Å². The Hall–Kier alpha value is -3.66. The summed E-state index contributed by atoms with van der Waals surface area (Å²) in [5, 5.41) is 2.69. The van der Waals surface area contributed by atoms with Crippen LogP contribution in [0.4, 0.5) is 0 Å². The molecule has 0 heterocycles. The van der Waals surface area contributed by atoms with Gasteiger partial charge in [0.25, 0.3) is 0 Å². The number of methoxy groups -OCH3 is 4. The molecule has 32 heavy (non-hydrogen) atoms. The predicted molar refractivity (Wildman–Crippen MR) is 127 cm³/mol. The summed E-state index contributed by atoms with van der Waals surface area (Å²) in [5.41, 5.74) is 9.97. The van der Waals surface area contributed by atoms with Crippen LogP contribution in [-0.4, -0.2) is 28.4 Å². The maximum atomic E-state index is 5.77. The van der Waals surface area contributed by atoms with Gasteiger partial charge in [0, 0.05) is 24.0 Å². The molecule has 2 aliphatic carbocycles. The predicted octanol–water partition coefficient (Wildman–Crippen LogP) is 6.02. The van der Waals surface area contributed by atoms with Gasteiger partial charge in [-0.2, -0.15) is 0 Å². The van der Waals surface area contributed by atoms with Crippen LogP contribution in [0.3, 0.4) is 0 Å². The van der Waals surface area contributed by atoms with E-state index in [2.05, 4.69) is 36.4 Å². The third-order valence-corrected chi connectivity index (χ3v) is 6.94. The van der Waals surface area contributed by atoms with E-state index >= 15 is 0 Å². The van der Waals surface area contributed by atoms with Gasteiger partial charge in [-0.05, 0) is 56.3 Å². The molecule has 0 amide bonds. The van der Waals surface area contributed by atoms with Gasteiger partial charge in [-0.1, -0.05) is 36.4 Å². The number of hydrogen-bond acceptors (Lipinski definition) is 4. The minimum atomic E-state index is 0.773. The van der Waals surface area contributed by atoms with Crippen LogP contribution in [0.25, 0.3) is 33.0 Å². The van der Waals surface area contributed by atoms with Crippen molar-refractivity contribution in [2.75, 3.05) is 28.4 Å². The van der Waals surface area contributed by atoms with E-state index in [4.69, 9.17) is 18.9 Å². The number of hydrogen-bond donors (Lipinski definition) is 0. The highest BCUT2D eigenvalue weighted by molar-refractivity contribution is 6.12. The first-order chi connectivity index (χ1) is 15.7. The highest BCUT2D eigenvalue weighted by Gasteiger charge is 2.29. The molecular weight excluding hydrogens is 400 g/mol. The molecular formula is C28H24O4. The lowest BCUT2D eigenvalue weighted by atomic mass is 9.76. The monoisotopic (exact) mass is 424 g/mol. The molecule has 0 saturated heterocycles. The van der Waals surface area contributed by atoms with Crippen molar-refractivity contribution in [2.45, 2.75) is 12.8 Å². The zero-order valence-electron chi connectivity index (χ0n) is 18.7. The molecule has 4 heteroatoms. The quantitative estimate of drug-likeness (QED) is 0.347. The number of rotatable bonds is 4. The second kappa shape index (κ2) is 6.92. The van der Waals surface area contributed by atoms with Gasteiger partial charge < -0.3 is 18.9 Å². The van der Waals surface area contributed by atoms with E-state index in [9.17, 15) is 0 Å². The van der Waals surface area contributed by atoms with Crippen molar-refractivity contribution in [2.24, 2.45) is 0 Å². The largest absolute Gasteiger partial charge is 0.493 e. The van der Waals surface area contributed by atoms with Gasteiger partial charge in [0.2, 0.25) is 0 Å². The van der Waals surface area contributed by atoms with Gasteiger partial charge >= 0.3 is 0 Å². The van der Waals surface area contributed by atoms with Crippen LogP contribution in [0.2, 0.25) is 0 Å². The summed E-state index contributed by atoms with van der Waals surface area (Å²) < 4.78 is 22.7. The topological polar surface area (TPSA) is 36.9 Å². The summed E-state index contributed by atoms with van der Waals surface area (Å²) >= 11 is 0. The first-order valence-corrected chi connectivity index (χ1v) is 10.8. The Kier molecular flexibility index (Phi) is 4.12. The summed E-state index contributed by atoms with van der Waals surface area (Å²) in [7, 11) is 6.80. The molecule has 2 aliphatic rings. The molecule has 0 fully saturated rings. The summed E-state index contributed by atoms with van der Waals surface area (Å²) in [6.45, 7) is 0. The molecule has 0 radical (unpaired) electrons. The van der Waals surface area contributed by atoms with E-state index < -0.39 is 0 Å². The summed E-state index contributed by atoms with van der Waals surface area (Å²) in [5.74, 6) is 3.20. The molecule has 0 atom stereocenters. The van der Waals surface area contributed by atoms with Crippen LogP contribution in [0.15, 0.2) is 48.5 Å². The smallest absolute Gasteiger partial charge is 0.164 e. The van der Waals surface area contributed by atoms with E-state index in [-0.39, 0.29) is 0 Å². The first-order valence-electron chi connectivity index (χ1n) is 10.8. The molecule has 4 aromatic carbocycles. The van der Waals surface area contributed by atoms with Crippen molar-refractivity contribution in [3.63, 3.8) is 0 Å². The molecule has 160 valence electrons. The fourth-order valence-electron chi connectivity index (χ4n) is 5.60. The number of fused-ring (bicyclic) bond motifs is 4. The lowest BCUT2D eigenvalue weighted by Crippen LogP contribution is -2.09. The average molecular weight is 424 g/mol. The Morgan fingerprint density at radius 2 is 0.875 bits per heavy atom. The lowest BCUT2D eigenvalue weighted by Gasteiger charge is -2.29. The summed E-state index contributed by atoms with van der Waals surface area (Å²) in [6.07, 6.45) is 1.64. The minimum absolute atomic E-state index is 0.773. The molecule has 4 nitrogen and oxygen atoms in total. The second-order valence-electron chi connectivity index (χ2n) is 8.30. The molecule has 0 spiro atoms. The summed E-state index contributed by atoms with van der Waals surface area (Å²) in [6, 6.07) is 17.4. The van der Waals surface area contributed by atoms with Crippen LogP contribution in [0.5, 0.6) is 23.0 Å².